The molecule has 0 saturated carbocycles. The highest BCUT2D eigenvalue weighted by atomic mass is 16.2. The normalized spacial score (nSPS) is 17.1. The van der Waals surface area contributed by atoms with Crippen LogP contribution in [0, 0.1) is 0 Å². The Morgan fingerprint density at radius 2 is 1.90 bits per heavy atom. The molecular formula is C23H34N4O2. The molecule has 29 heavy (non-hydrogen) atoms. The zero-order valence-electron chi connectivity index (χ0n) is 18.4. The van der Waals surface area contributed by atoms with Crippen LogP contribution in [0.4, 0.5) is 0 Å². The summed E-state index contributed by atoms with van der Waals surface area (Å²) in [6.07, 6.45) is 2.56. The average molecular weight is 399 g/mol. The lowest BCUT2D eigenvalue weighted by Gasteiger charge is -2.31. The van der Waals surface area contributed by atoms with Crippen molar-refractivity contribution in [2.45, 2.75) is 78.4 Å². The van der Waals surface area contributed by atoms with Gasteiger partial charge in [-0.05, 0) is 46.2 Å². The molecule has 1 aromatic heterocycles. The molecular weight excluding hydrogens is 364 g/mol. The Morgan fingerprint density at radius 3 is 2.55 bits per heavy atom. The van der Waals surface area contributed by atoms with E-state index in [0.29, 0.717) is 13.0 Å². The molecule has 0 aliphatic carbocycles. The lowest BCUT2D eigenvalue weighted by atomic mass is 10.1. The maximum atomic E-state index is 13.2. The summed E-state index contributed by atoms with van der Waals surface area (Å²) in [7, 11) is 0. The van der Waals surface area contributed by atoms with Crippen molar-refractivity contribution in [1.29, 1.82) is 0 Å². The number of carbonyl (C=O) groups excluding carboxylic acids is 2. The van der Waals surface area contributed by atoms with Crippen molar-refractivity contribution in [2.24, 2.45) is 0 Å². The first-order chi connectivity index (χ1) is 13.8. The molecule has 0 spiro atoms. The molecule has 6 heteroatoms. The highest BCUT2D eigenvalue weighted by molar-refractivity contribution is 5.83. The van der Waals surface area contributed by atoms with Gasteiger partial charge in [-0.2, -0.15) is 0 Å². The summed E-state index contributed by atoms with van der Waals surface area (Å²) < 4.78 is 2.04. The van der Waals surface area contributed by atoms with Crippen molar-refractivity contribution in [1.82, 2.24) is 19.4 Å². The van der Waals surface area contributed by atoms with E-state index in [1.165, 1.54) is 0 Å². The summed E-state index contributed by atoms with van der Waals surface area (Å²) in [5.74, 6) is 1.18. The van der Waals surface area contributed by atoms with Gasteiger partial charge in [0.05, 0.1) is 11.0 Å². The quantitative estimate of drug-likeness (QED) is 0.680. The zero-order valence-corrected chi connectivity index (χ0v) is 18.4. The van der Waals surface area contributed by atoms with E-state index in [1.54, 1.807) is 0 Å². The number of hydrogen-bond donors (Lipinski definition) is 0. The van der Waals surface area contributed by atoms with Crippen LogP contribution >= 0.6 is 0 Å². The largest absolute Gasteiger partial charge is 0.342 e. The number of imidazole rings is 1. The van der Waals surface area contributed by atoms with Gasteiger partial charge < -0.3 is 14.4 Å². The molecule has 158 valence electrons. The van der Waals surface area contributed by atoms with E-state index in [-0.39, 0.29) is 36.4 Å². The van der Waals surface area contributed by atoms with Crippen LogP contribution in [0.3, 0.4) is 0 Å². The predicted octanol–water partition coefficient (Wildman–Crippen LogP) is 3.80. The lowest BCUT2D eigenvalue weighted by molar-refractivity contribution is -0.135. The Hall–Kier alpha value is -2.37. The number of hydrogen-bond acceptors (Lipinski definition) is 3. The molecule has 0 N–H and O–H groups in total. The number of amides is 2. The van der Waals surface area contributed by atoms with E-state index in [1.807, 2.05) is 66.3 Å². The van der Waals surface area contributed by atoms with Crippen LogP contribution in [0.15, 0.2) is 24.3 Å². The van der Waals surface area contributed by atoms with Crippen LogP contribution in [0.2, 0.25) is 0 Å². The first-order valence-corrected chi connectivity index (χ1v) is 10.9. The molecule has 1 aliphatic heterocycles. The van der Waals surface area contributed by atoms with Gasteiger partial charge in [0.25, 0.3) is 0 Å². The average Bonchev–Trinajstić information content (AvgIpc) is 3.20. The molecule has 1 unspecified atom stereocenters. The third-order valence-corrected chi connectivity index (χ3v) is 5.74. The molecule has 0 radical (unpaired) electrons. The molecule has 2 heterocycles. The lowest BCUT2D eigenvalue weighted by Crippen LogP contribution is -2.44. The van der Waals surface area contributed by atoms with Gasteiger partial charge in [0.1, 0.15) is 12.4 Å². The molecule has 6 nitrogen and oxygen atoms in total. The van der Waals surface area contributed by atoms with Gasteiger partial charge in [0.2, 0.25) is 11.8 Å². The van der Waals surface area contributed by atoms with E-state index in [0.717, 1.165) is 36.2 Å². The highest BCUT2D eigenvalue weighted by Crippen LogP contribution is 2.30. The molecule has 3 rings (SSSR count). The van der Waals surface area contributed by atoms with Crippen LogP contribution in [0.25, 0.3) is 11.0 Å². The van der Waals surface area contributed by atoms with E-state index >= 15 is 0 Å². The zero-order chi connectivity index (χ0) is 21.1. The predicted molar refractivity (Wildman–Crippen MR) is 116 cm³/mol. The second kappa shape index (κ2) is 8.97. The van der Waals surface area contributed by atoms with Gasteiger partial charge in [-0.3, -0.25) is 9.59 Å². The molecule has 1 aliphatic rings. The van der Waals surface area contributed by atoms with Crippen molar-refractivity contribution < 1.29 is 9.59 Å². The van der Waals surface area contributed by atoms with E-state index in [2.05, 4.69) is 6.92 Å². The Morgan fingerprint density at radius 1 is 1.21 bits per heavy atom. The number of benzene rings is 1. The third-order valence-electron chi connectivity index (χ3n) is 5.74. The van der Waals surface area contributed by atoms with Crippen LogP contribution in [0.1, 0.15) is 65.6 Å². The summed E-state index contributed by atoms with van der Waals surface area (Å²) in [5.41, 5.74) is 1.85. The number of carbonyl (C=O) groups is 2. The summed E-state index contributed by atoms with van der Waals surface area (Å²) in [5, 5.41) is 0. The summed E-state index contributed by atoms with van der Waals surface area (Å²) in [4.78, 5) is 34.4. The second-order valence-corrected chi connectivity index (χ2v) is 8.63. The molecule has 1 saturated heterocycles. The van der Waals surface area contributed by atoms with Crippen molar-refractivity contribution in [3.8, 4) is 0 Å². The number of para-hydroxylation sites is 2. The standard InChI is InChI=1S/C23H34N4O2/c1-6-7-12-25-14-18(13-21(25)28)23-24-19-10-8-9-11-20(19)26(23)15-22(29)27(16(2)3)17(4)5/h8-11,16-18H,6-7,12-15H2,1-5H3. The molecule has 1 fully saturated rings. The molecule has 1 aromatic carbocycles. The molecule has 0 bridgehead atoms. The third kappa shape index (κ3) is 4.46. The van der Waals surface area contributed by atoms with Crippen molar-refractivity contribution in [2.75, 3.05) is 13.1 Å². The first kappa shape index (κ1) is 21.3. The number of aromatic nitrogens is 2. The van der Waals surface area contributed by atoms with Gasteiger partial charge in [-0.15, -0.1) is 0 Å². The molecule has 2 amide bonds. The minimum absolute atomic E-state index is 0.0334. The number of unbranched alkanes of at least 4 members (excludes halogenated alkanes) is 1. The summed E-state index contributed by atoms with van der Waals surface area (Å²) in [6, 6.07) is 8.21. The maximum absolute atomic E-state index is 13.2. The van der Waals surface area contributed by atoms with Crippen LogP contribution in [0.5, 0.6) is 0 Å². The number of rotatable bonds is 8. The second-order valence-electron chi connectivity index (χ2n) is 8.63. The van der Waals surface area contributed by atoms with E-state index in [4.69, 9.17) is 4.98 Å². The fraction of sp³-hybridized carbons (Fsp3) is 0.609. The Kier molecular flexibility index (Phi) is 6.60. The summed E-state index contributed by atoms with van der Waals surface area (Å²) >= 11 is 0. The van der Waals surface area contributed by atoms with Gasteiger partial charge in [-0.25, -0.2) is 4.98 Å². The maximum Gasteiger partial charge on any atom is 0.243 e. The number of likely N-dealkylation sites (tertiary alicyclic amines) is 1. The SMILES string of the molecule is CCCCN1CC(c2nc3ccccc3n2CC(=O)N(C(C)C)C(C)C)CC1=O. The van der Waals surface area contributed by atoms with Crippen molar-refractivity contribution >= 4 is 22.8 Å². The fourth-order valence-electron chi connectivity index (χ4n) is 4.47. The number of nitrogens with zero attached hydrogens (tertiary/aromatic N) is 4. The van der Waals surface area contributed by atoms with Crippen LogP contribution in [-0.2, 0) is 16.1 Å². The summed E-state index contributed by atoms with van der Waals surface area (Å²) in [6.45, 7) is 12.1. The Bertz CT molecular complexity index is 863. The van der Waals surface area contributed by atoms with Crippen molar-refractivity contribution in [3.63, 3.8) is 0 Å². The minimum atomic E-state index is 0.0334. The van der Waals surface area contributed by atoms with Gasteiger partial charge in [-0.1, -0.05) is 25.5 Å². The first-order valence-electron chi connectivity index (χ1n) is 10.9. The molecule has 2 aromatic rings. The monoisotopic (exact) mass is 398 g/mol. The smallest absolute Gasteiger partial charge is 0.243 e. The van der Waals surface area contributed by atoms with Gasteiger partial charge in [0, 0.05) is 37.5 Å². The number of fused-ring (bicyclic) bond motifs is 1. The van der Waals surface area contributed by atoms with Gasteiger partial charge in [0.15, 0.2) is 0 Å². The minimum Gasteiger partial charge on any atom is -0.342 e. The van der Waals surface area contributed by atoms with E-state index in [9.17, 15) is 9.59 Å². The molecule has 1 atom stereocenters. The fourth-order valence-corrected chi connectivity index (χ4v) is 4.47. The van der Waals surface area contributed by atoms with E-state index < -0.39 is 0 Å². The Balaban J connectivity index is 1.93. The highest BCUT2D eigenvalue weighted by Gasteiger charge is 2.34. The van der Waals surface area contributed by atoms with Gasteiger partial charge >= 0.3 is 0 Å². The Labute approximate surface area is 173 Å². The van der Waals surface area contributed by atoms with Crippen LogP contribution in [-0.4, -0.2) is 56.3 Å². The topological polar surface area (TPSA) is 58.4 Å². The van der Waals surface area contributed by atoms with Crippen molar-refractivity contribution in [3.05, 3.63) is 30.1 Å². The van der Waals surface area contributed by atoms with Crippen LogP contribution < -0.4 is 0 Å².